The lowest BCUT2D eigenvalue weighted by atomic mass is 9.78. The Morgan fingerprint density at radius 2 is 1.65 bits per heavy atom. The molecule has 6 N–H and O–H groups in total. The highest BCUT2D eigenvalue weighted by Crippen LogP contribution is 2.41. The molecule has 14 nitrogen and oxygen atoms in total. The largest absolute Gasteiger partial charge is 0.456 e. The van der Waals surface area contributed by atoms with Crippen LogP contribution in [0.5, 0.6) is 0 Å². The Balaban J connectivity index is 2.16. The number of cyclic esters (lactones) is 1. The molecule has 0 radical (unpaired) electrons. The molecule has 0 aliphatic carbocycles. The third kappa shape index (κ3) is 10.1. The molecule has 0 aromatic carbocycles. The van der Waals surface area contributed by atoms with E-state index in [0.29, 0.717) is 13.0 Å². The standard InChI is InChI=1S/C38H70N2O12/c1-14-28-38(10,46)32(43)24(6)39-18-20(2)16-36(8,45)33(52-35-30(42)27(40(11)12)15-21(3)48-35)22(4)31(23(5)34(44)50-28)51-29-17-37(9,47-13)26(19-41)25(7)49-29/h20-22,24-33,35,39,41-43,45-46H,5,14-19H2,1-4,6-13H3/t20-,21-,22+,24-,25+,26?,27?,28-,29+,30-,31+,32-,33-,35+,36-,37-,38-/m1/s1. The van der Waals surface area contributed by atoms with Crippen molar-refractivity contribution in [2.75, 3.05) is 34.4 Å². The van der Waals surface area contributed by atoms with E-state index in [1.165, 1.54) is 6.92 Å². The predicted molar refractivity (Wildman–Crippen MR) is 194 cm³/mol. The second-order valence-electron chi connectivity index (χ2n) is 16.7. The van der Waals surface area contributed by atoms with Crippen molar-refractivity contribution in [3.63, 3.8) is 0 Å². The molecule has 3 fully saturated rings. The van der Waals surface area contributed by atoms with Crippen molar-refractivity contribution in [1.82, 2.24) is 10.2 Å². The number of aliphatic hydroxyl groups excluding tert-OH is 3. The van der Waals surface area contributed by atoms with Crippen LogP contribution in [-0.4, -0.2) is 155 Å². The molecule has 0 saturated carbocycles. The number of likely N-dealkylation sites (N-methyl/N-ethyl adjacent to an activating group) is 1. The van der Waals surface area contributed by atoms with Crippen LogP contribution < -0.4 is 5.32 Å². The number of carbonyl (C=O) groups excluding carboxylic acids is 1. The average molecular weight is 747 g/mol. The monoisotopic (exact) mass is 746 g/mol. The molecule has 3 saturated heterocycles. The Morgan fingerprint density at radius 1 is 1.02 bits per heavy atom. The van der Waals surface area contributed by atoms with E-state index in [9.17, 15) is 30.3 Å². The molecule has 3 aliphatic heterocycles. The Hall–Kier alpha value is -1.27. The third-order valence-corrected chi connectivity index (χ3v) is 11.9. The fraction of sp³-hybridized carbons (Fsp3) is 0.921. The van der Waals surface area contributed by atoms with Crippen LogP contribution >= 0.6 is 0 Å². The summed E-state index contributed by atoms with van der Waals surface area (Å²) in [6, 6.07) is -0.893. The summed E-state index contributed by atoms with van der Waals surface area (Å²) in [5.74, 6) is -2.24. The predicted octanol–water partition coefficient (Wildman–Crippen LogP) is 1.73. The highest BCUT2D eigenvalue weighted by atomic mass is 16.7. The molecule has 3 aliphatic rings. The minimum absolute atomic E-state index is 0.126. The fourth-order valence-corrected chi connectivity index (χ4v) is 8.53. The molecule has 2 unspecified atom stereocenters. The van der Waals surface area contributed by atoms with Gasteiger partial charge < -0.3 is 64.2 Å². The van der Waals surface area contributed by atoms with Crippen molar-refractivity contribution < 1.29 is 58.7 Å². The van der Waals surface area contributed by atoms with Gasteiger partial charge in [-0.05, 0) is 87.4 Å². The van der Waals surface area contributed by atoms with Crippen molar-refractivity contribution >= 4 is 5.97 Å². The molecule has 0 amide bonds. The van der Waals surface area contributed by atoms with E-state index in [0.717, 1.165) is 0 Å². The second-order valence-corrected chi connectivity index (χ2v) is 16.7. The minimum Gasteiger partial charge on any atom is -0.456 e. The van der Waals surface area contributed by atoms with Crippen LogP contribution in [0.4, 0.5) is 0 Å². The Morgan fingerprint density at radius 3 is 2.21 bits per heavy atom. The SMILES string of the molecule is C=C1C(=O)O[C@H](CC)[C@@](C)(O)[C@H](O)[C@@H](C)NC[C@H](C)C[C@@](C)(O)[C@H](O[C@@H]2O[C@H](C)CC(N(C)C)[C@H]2O)[C@@H](C)[C@@H]1O[C@H]1C[C@@](C)(OC)C(CO)[C@H](C)O1. The van der Waals surface area contributed by atoms with Crippen LogP contribution in [0.25, 0.3) is 0 Å². The summed E-state index contributed by atoms with van der Waals surface area (Å²) < 4.78 is 37.6. The zero-order chi connectivity index (χ0) is 39.5. The number of ether oxygens (including phenoxy) is 6. The fourth-order valence-electron chi connectivity index (χ4n) is 8.53. The zero-order valence-electron chi connectivity index (χ0n) is 33.6. The first-order chi connectivity index (χ1) is 24.0. The summed E-state index contributed by atoms with van der Waals surface area (Å²) in [5.41, 5.74) is -4.40. The lowest BCUT2D eigenvalue weighted by molar-refractivity contribution is -0.309. The number of carbonyl (C=O) groups is 1. The molecule has 3 heterocycles. The number of hydrogen-bond donors (Lipinski definition) is 6. The van der Waals surface area contributed by atoms with Crippen molar-refractivity contribution in [2.45, 2.75) is 172 Å². The number of rotatable bonds is 8. The normalized spacial score (nSPS) is 47.8. The molecule has 17 atom stereocenters. The van der Waals surface area contributed by atoms with Gasteiger partial charge in [0.1, 0.15) is 23.9 Å². The van der Waals surface area contributed by atoms with Gasteiger partial charge in [0.25, 0.3) is 0 Å². The van der Waals surface area contributed by atoms with Gasteiger partial charge in [-0.25, -0.2) is 4.79 Å². The summed E-state index contributed by atoms with van der Waals surface area (Å²) in [7, 11) is 5.31. The molecular weight excluding hydrogens is 676 g/mol. The van der Waals surface area contributed by atoms with Gasteiger partial charge >= 0.3 is 5.97 Å². The van der Waals surface area contributed by atoms with Crippen molar-refractivity contribution in [3.05, 3.63) is 12.2 Å². The molecule has 0 aromatic rings. The molecule has 3 rings (SSSR count). The van der Waals surface area contributed by atoms with E-state index in [2.05, 4.69) is 11.9 Å². The number of nitrogens with one attached hydrogen (secondary N) is 1. The van der Waals surface area contributed by atoms with E-state index >= 15 is 0 Å². The van der Waals surface area contributed by atoms with Crippen LogP contribution in [0.1, 0.15) is 88.0 Å². The molecular formula is C38H70N2O12. The summed E-state index contributed by atoms with van der Waals surface area (Å²) in [4.78, 5) is 16.0. The van der Waals surface area contributed by atoms with Crippen LogP contribution in [0.15, 0.2) is 12.2 Å². The maximum absolute atomic E-state index is 14.1. The molecule has 0 spiro atoms. The molecule has 304 valence electrons. The Bertz CT molecular complexity index is 1170. The lowest BCUT2D eigenvalue weighted by Crippen LogP contribution is -2.59. The van der Waals surface area contributed by atoms with E-state index in [4.69, 9.17) is 28.4 Å². The highest BCUT2D eigenvalue weighted by Gasteiger charge is 2.52. The zero-order valence-corrected chi connectivity index (χ0v) is 33.6. The molecule has 52 heavy (non-hydrogen) atoms. The smallest absolute Gasteiger partial charge is 0.336 e. The summed E-state index contributed by atoms with van der Waals surface area (Å²) in [6.07, 6.45) is -7.49. The number of nitrogens with zero attached hydrogens (tertiary/aromatic N) is 1. The number of esters is 1. The van der Waals surface area contributed by atoms with Gasteiger partial charge in [0, 0.05) is 37.5 Å². The van der Waals surface area contributed by atoms with Gasteiger partial charge in [-0.15, -0.1) is 0 Å². The van der Waals surface area contributed by atoms with Gasteiger partial charge in [-0.3, -0.25) is 0 Å². The summed E-state index contributed by atoms with van der Waals surface area (Å²) in [6.45, 7) is 20.2. The van der Waals surface area contributed by atoms with Gasteiger partial charge in [0.05, 0.1) is 47.8 Å². The third-order valence-electron chi connectivity index (χ3n) is 11.9. The summed E-state index contributed by atoms with van der Waals surface area (Å²) >= 11 is 0. The minimum atomic E-state index is -1.84. The number of aliphatic hydroxyl groups is 5. The molecule has 0 aromatic heterocycles. The van der Waals surface area contributed by atoms with Gasteiger partial charge in [0.15, 0.2) is 12.6 Å². The van der Waals surface area contributed by atoms with E-state index in [1.54, 1.807) is 34.8 Å². The first kappa shape index (κ1) is 45.1. The lowest BCUT2D eigenvalue weighted by Gasteiger charge is -2.49. The van der Waals surface area contributed by atoms with Crippen LogP contribution in [0.2, 0.25) is 0 Å². The first-order valence-electron chi connectivity index (χ1n) is 18.9. The quantitative estimate of drug-likeness (QED) is 0.156. The van der Waals surface area contributed by atoms with Gasteiger partial charge in [0.2, 0.25) is 0 Å². The van der Waals surface area contributed by atoms with Crippen molar-refractivity contribution in [1.29, 1.82) is 0 Å². The van der Waals surface area contributed by atoms with Gasteiger partial charge in [-0.2, -0.15) is 0 Å². The highest BCUT2D eigenvalue weighted by molar-refractivity contribution is 5.89. The summed E-state index contributed by atoms with van der Waals surface area (Å²) in [5, 5.41) is 60.2. The number of hydrogen-bond acceptors (Lipinski definition) is 14. The van der Waals surface area contributed by atoms with Crippen LogP contribution in [0.3, 0.4) is 0 Å². The van der Waals surface area contributed by atoms with Crippen LogP contribution in [0, 0.1) is 17.8 Å². The maximum atomic E-state index is 14.1. The Labute approximate surface area is 311 Å². The molecule has 0 bridgehead atoms. The van der Waals surface area contributed by atoms with E-state index in [1.807, 2.05) is 46.7 Å². The van der Waals surface area contributed by atoms with Crippen LogP contribution in [-0.2, 0) is 33.2 Å². The second kappa shape index (κ2) is 18.1. The molecule has 14 heteroatoms. The van der Waals surface area contributed by atoms with E-state index < -0.39 is 83.9 Å². The van der Waals surface area contributed by atoms with Gasteiger partial charge in [-0.1, -0.05) is 27.4 Å². The van der Waals surface area contributed by atoms with Crippen molar-refractivity contribution in [3.8, 4) is 0 Å². The van der Waals surface area contributed by atoms with E-state index in [-0.39, 0.29) is 55.4 Å². The number of methoxy groups -OCH3 is 1. The maximum Gasteiger partial charge on any atom is 0.336 e. The van der Waals surface area contributed by atoms with Crippen molar-refractivity contribution in [2.24, 2.45) is 17.8 Å². The Kier molecular flexibility index (Phi) is 15.7. The first-order valence-corrected chi connectivity index (χ1v) is 18.9. The average Bonchev–Trinajstić information content (AvgIpc) is 3.06. The topological polar surface area (TPSA) is 189 Å².